The average molecular weight is 826 g/mol. The molecule has 0 unspecified atom stereocenters. The van der Waals surface area contributed by atoms with Gasteiger partial charge < -0.3 is 20.7 Å². The van der Waals surface area contributed by atoms with Crippen molar-refractivity contribution in [2.75, 3.05) is 22.1 Å². The Balaban J connectivity index is 0.00000211. The molecule has 14 heteroatoms. The number of aromatic nitrogens is 2. The maximum Gasteiger partial charge on any atom is 0.329 e. The maximum atomic E-state index is 13.2. The molecule has 0 aliphatic rings. The van der Waals surface area contributed by atoms with Gasteiger partial charge in [-0.25, -0.2) is 9.88 Å². The fourth-order valence-corrected chi connectivity index (χ4v) is 3.70. The summed E-state index contributed by atoms with van der Waals surface area (Å²) in [6, 6.07) is 20.9. The molecule has 0 radical (unpaired) electrons. The van der Waals surface area contributed by atoms with Gasteiger partial charge >= 0.3 is 5.69 Å². The number of nitrogens with zero attached hydrogens (tertiary/aromatic N) is 4. The molecule has 0 fully saturated rings. The maximum absolute atomic E-state index is 13.2. The second kappa shape index (κ2) is 15.6. The van der Waals surface area contributed by atoms with E-state index in [9.17, 15) is 29.3 Å². The van der Waals surface area contributed by atoms with E-state index >= 15 is 0 Å². The number of ketones is 1. The van der Waals surface area contributed by atoms with Gasteiger partial charge in [0.1, 0.15) is 6.20 Å². The summed E-state index contributed by atoms with van der Waals surface area (Å²) < 4.78 is 0. The van der Waals surface area contributed by atoms with E-state index in [1.165, 1.54) is 30.7 Å². The predicted octanol–water partition coefficient (Wildman–Crippen LogP) is 4.28. The van der Waals surface area contributed by atoms with Gasteiger partial charge in [-0.05, 0) is 36.4 Å². The molecular weight excluding hydrogens is 799 g/mol. The summed E-state index contributed by atoms with van der Waals surface area (Å²) in [6.07, 6.45) is 2.82. The third-order valence-corrected chi connectivity index (χ3v) is 5.53. The van der Waals surface area contributed by atoms with Crippen molar-refractivity contribution in [2.24, 2.45) is 0 Å². The molecule has 4 aromatic rings. The van der Waals surface area contributed by atoms with E-state index in [-0.39, 0.29) is 34.5 Å². The summed E-state index contributed by atoms with van der Waals surface area (Å²) in [7, 11) is 0. The molecule has 3 amide bonds. The molecule has 4 rings (SSSR count). The minimum atomic E-state index is -0.706. The molecule has 0 saturated heterocycles. The number of benzene rings is 3. The topological polar surface area (TPSA) is 177 Å². The second-order valence-electron chi connectivity index (χ2n) is 8.02. The Hall–Kier alpha value is -6.98. The summed E-state index contributed by atoms with van der Waals surface area (Å²) in [4.78, 5) is 68.1. The van der Waals surface area contributed by atoms with Crippen LogP contribution in [0.2, 0.25) is 0 Å². The van der Waals surface area contributed by atoms with Gasteiger partial charge in [0.2, 0.25) is 18.2 Å². The van der Waals surface area contributed by atoms with Gasteiger partial charge in [-0.3, -0.25) is 24.5 Å². The van der Waals surface area contributed by atoms with Crippen molar-refractivity contribution in [3.63, 3.8) is 0 Å². The Bertz CT molecular complexity index is 1570. The zero-order valence-corrected chi connectivity index (χ0v) is 25.3. The van der Waals surface area contributed by atoms with Crippen LogP contribution in [0.25, 0.3) is 0 Å². The Labute approximate surface area is 240 Å². The summed E-state index contributed by atoms with van der Waals surface area (Å²) in [5.41, 5.74) is 1.07. The molecule has 3 N–H and O–H groups in total. The van der Waals surface area contributed by atoms with Crippen LogP contribution in [0.15, 0.2) is 85.1 Å². The van der Waals surface area contributed by atoms with Crippen LogP contribution < -0.4 is 20.9 Å². The van der Waals surface area contributed by atoms with Crippen molar-refractivity contribution in [1.29, 1.82) is 0 Å². The summed E-state index contributed by atoms with van der Waals surface area (Å²) in [5, 5.41) is 19.3. The van der Waals surface area contributed by atoms with Gasteiger partial charge in [0.05, 0.1) is 22.8 Å². The molecule has 0 bridgehead atoms. The Morgan fingerprint density at radius 2 is 1.65 bits per heavy atom. The first-order valence-corrected chi connectivity index (χ1v) is 12.6. The number of amides is 3. The van der Waals surface area contributed by atoms with Crippen LogP contribution in [0.3, 0.4) is 0 Å². The number of carbonyl (C=O) groups excluding carboxylic acids is 4. The fraction of sp³-hybridized carbons (Fsp3) is 0.103. The first kappa shape index (κ1) is 32.2. The smallest absolute Gasteiger partial charge is 0.329 e. The third-order valence-electron chi connectivity index (χ3n) is 5.53. The van der Waals surface area contributed by atoms with Crippen LogP contribution in [-0.4, -0.2) is 45.9 Å². The van der Waals surface area contributed by atoms with Crippen molar-refractivity contribution in [2.45, 2.75) is 13.8 Å². The third kappa shape index (κ3) is 7.79. The van der Waals surface area contributed by atoms with Crippen LogP contribution in [0, 0.1) is 10.1 Å². The largest absolute Gasteiger partial charge is 0.522 e. The Morgan fingerprint density at radius 3 is 2.28 bits per heavy atom. The molecule has 0 spiro atoms. The number of nitrogens with one attached hydrogen (secondary N) is 3. The van der Waals surface area contributed by atoms with E-state index < -0.39 is 23.1 Å². The number of hydrogen-bond acceptors (Lipinski definition) is 9. The van der Waals surface area contributed by atoms with E-state index in [2.05, 4.69) is 25.9 Å². The van der Waals surface area contributed by atoms with Crippen LogP contribution in [0.5, 0.6) is 0 Å². The van der Waals surface area contributed by atoms with Crippen molar-refractivity contribution in [3.05, 3.63) is 106 Å². The van der Waals surface area contributed by atoms with Gasteiger partial charge in [-0.1, -0.05) is 56.3 Å². The molecule has 1 aromatic heterocycles. The number of rotatable bonds is 12. The zero-order chi connectivity index (χ0) is 30.5. The zero-order valence-electron chi connectivity index (χ0n) is 22.9. The molecule has 0 aliphatic carbocycles. The van der Waals surface area contributed by atoms with Gasteiger partial charge in [0, 0.05) is 16.8 Å². The standard InChI is InChI=1S/C27H20N7O6.C2H6.Fm/c35-16-28-15-24(37)33(20-12-10-19(11-13-20)30-17-36)27-29-14-23(34(39)40)26(32-27)31-22-9-5-4-8-21(22)25(38)18-6-2-1-3-7-18;1-2;/h1-14,17H,15H2,(H,28,35)(H,30,36)(H,29,31,32);1-2H3;/q-1;;. The molecule has 226 valence electrons. The second-order valence-corrected chi connectivity index (χ2v) is 8.02. The quantitative estimate of drug-likeness (QED) is 0.0471. The number of hydrogen-bond donors (Lipinski definition) is 3. The molecule has 0 aliphatic heterocycles. The van der Waals surface area contributed by atoms with Crippen molar-refractivity contribution in [3.8, 4) is 0 Å². The SMILES string of the molecule is CC.O=[C-]NCC(=O)N(c1ccc(NC=O)cc1)c1ncc([N+](=O)[O-])c(Nc2ccccc2C(=O)c2ccccc2)n1.[Fm]. The molecule has 13 nitrogen and oxygen atoms in total. The van der Waals surface area contributed by atoms with Crippen molar-refractivity contribution < 1.29 is 24.1 Å². The van der Waals surface area contributed by atoms with E-state index in [4.69, 9.17) is 0 Å². The van der Waals surface area contributed by atoms with Gasteiger partial charge in [0.25, 0.3) is 5.91 Å². The van der Waals surface area contributed by atoms with E-state index in [1.807, 2.05) is 13.8 Å². The molecule has 3 aromatic carbocycles. The molecule has 1 heterocycles. The number of para-hydroxylation sites is 1. The minimum Gasteiger partial charge on any atom is -0.522 e. The Morgan fingerprint density at radius 1 is 1.00 bits per heavy atom. The van der Waals surface area contributed by atoms with Crippen LogP contribution in [0.4, 0.5) is 34.5 Å². The molecular formula is C29H26FmN7O6-. The van der Waals surface area contributed by atoms with E-state index in [1.54, 1.807) is 54.6 Å². The summed E-state index contributed by atoms with van der Waals surface area (Å²) in [5.74, 6) is -1.54. The number of nitro groups is 1. The first-order chi connectivity index (χ1) is 20.4. The summed E-state index contributed by atoms with van der Waals surface area (Å²) >= 11 is 0. The average Bonchev–Trinajstić information content (AvgIpc) is 3.02. The molecule has 0 atom stereocenters. The summed E-state index contributed by atoms with van der Waals surface area (Å²) in [6.45, 7) is 3.52. The number of carbonyl (C=O) groups is 3. The predicted molar refractivity (Wildman–Crippen MR) is 157 cm³/mol. The van der Waals surface area contributed by atoms with Crippen molar-refractivity contribution >= 4 is 59.0 Å². The molecule has 0 saturated carbocycles. The molecule has 43 heavy (non-hydrogen) atoms. The monoisotopic (exact) mass is 825 g/mol. The van der Waals surface area contributed by atoms with Crippen LogP contribution >= 0.6 is 0 Å². The van der Waals surface area contributed by atoms with Crippen LogP contribution in [0.1, 0.15) is 29.8 Å². The first-order valence-electron chi connectivity index (χ1n) is 12.6. The fourth-order valence-electron chi connectivity index (χ4n) is 3.70. The minimum absolute atomic E-state index is 0. The number of anilines is 5. The van der Waals surface area contributed by atoms with Crippen molar-refractivity contribution in [1.82, 2.24) is 15.3 Å². The van der Waals surface area contributed by atoms with E-state index in [0.29, 0.717) is 17.7 Å². The van der Waals surface area contributed by atoms with Gasteiger partial charge in [-0.15, -0.1) is 0 Å². The van der Waals surface area contributed by atoms with Crippen LogP contribution in [-0.2, 0) is 14.4 Å². The Kier molecular flexibility index (Phi) is 11.7. The van der Waals surface area contributed by atoms with E-state index in [0.717, 1.165) is 11.1 Å². The normalized spacial score (nSPS) is 9.63. The van der Waals surface area contributed by atoms with Gasteiger partial charge in [0.15, 0.2) is 5.78 Å². The van der Waals surface area contributed by atoms with Gasteiger partial charge in [-0.2, -0.15) is 11.4 Å².